The molecule has 1 amide bonds. The van der Waals surface area contributed by atoms with E-state index in [4.69, 9.17) is 9.72 Å². The van der Waals surface area contributed by atoms with Crippen molar-refractivity contribution in [1.82, 2.24) is 14.9 Å². The maximum absolute atomic E-state index is 12.7. The van der Waals surface area contributed by atoms with Gasteiger partial charge in [0.05, 0.1) is 12.1 Å². The van der Waals surface area contributed by atoms with Crippen LogP contribution in [0.2, 0.25) is 0 Å². The molecule has 4 rings (SSSR count). The van der Waals surface area contributed by atoms with E-state index in [-0.39, 0.29) is 11.9 Å². The van der Waals surface area contributed by atoms with Gasteiger partial charge in [0.2, 0.25) is 0 Å². The van der Waals surface area contributed by atoms with Crippen LogP contribution in [-0.2, 0) is 4.74 Å². The maximum atomic E-state index is 12.7. The van der Waals surface area contributed by atoms with E-state index < -0.39 is 5.97 Å². The van der Waals surface area contributed by atoms with E-state index in [9.17, 15) is 9.59 Å². The highest BCUT2D eigenvalue weighted by molar-refractivity contribution is 6.02. The predicted molar refractivity (Wildman–Crippen MR) is 115 cm³/mol. The Hall–Kier alpha value is -3.48. The minimum atomic E-state index is -0.393. The number of rotatable bonds is 5. The van der Waals surface area contributed by atoms with Crippen molar-refractivity contribution in [2.24, 2.45) is 0 Å². The number of para-hydroxylation sites is 1. The van der Waals surface area contributed by atoms with E-state index in [0.29, 0.717) is 36.8 Å². The van der Waals surface area contributed by atoms with Gasteiger partial charge in [0.15, 0.2) is 0 Å². The lowest BCUT2D eigenvalue weighted by Crippen LogP contribution is -2.32. The van der Waals surface area contributed by atoms with Gasteiger partial charge in [0.25, 0.3) is 5.91 Å². The number of aromatic nitrogens is 2. The molecule has 1 saturated heterocycles. The molecule has 2 aromatic heterocycles. The fourth-order valence-corrected chi connectivity index (χ4v) is 3.84. The summed E-state index contributed by atoms with van der Waals surface area (Å²) in [6.07, 6.45) is 2.38. The molecule has 0 aliphatic carbocycles. The van der Waals surface area contributed by atoms with Crippen molar-refractivity contribution in [1.29, 1.82) is 0 Å². The Bertz CT molecular complexity index is 1080. The Labute approximate surface area is 175 Å². The van der Waals surface area contributed by atoms with Crippen LogP contribution in [0.3, 0.4) is 0 Å². The zero-order valence-corrected chi connectivity index (χ0v) is 17.1. The first-order valence-electron chi connectivity index (χ1n) is 10.1. The number of amides is 1. The second-order valence-electron chi connectivity index (χ2n) is 7.29. The molecule has 0 radical (unpaired) electrons. The molecule has 1 aromatic carbocycles. The van der Waals surface area contributed by atoms with E-state index in [1.165, 1.54) is 0 Å². The summed E-state index contributed by atoms with van der Waals surface area (Å²) in [6.45, 7) is 5.12. The molecule has 1 fully saturated rings. The van der Waals surface area contributed by atoms with E-state index in [1.54, 1.807) is 36.2 Å². The number of nitrogens with one attached hydrogen (secondary N) is 1. The van der Waals surface area contributed by atoms with Crippen LogP contribution < -0.4 is 5.32 Å². The molecule has 7 nitrogen and oxygen atoms in total. The van der Waals surface area contributed by atoms with Gasteiger partial charge in [-0.05, 0) is 44.0 Å². The Morgan fingerprint density at radius 1 is 1.20 bits per heavy atom. The first-order chi connectivity index (χ1) is 14.6. The van der Waals surface area contributed by atoms with Gasteiger partial charge in [-0.2, -0.15) is 0 Å². The zero-order valence-electron chi connectivity index (χ0n) is 17.1. The number of anilines is 1. The molecule has 7 heteroatoms. The largest absolute Gasteiger partial charge is 0.462 e. The van der Waals surface area contributed by atoms with Crippen molar-refractivity contribution in [2.75, 3.05) is 25.0 Å². The summed E-state index contributed by atoms with van der Waals surface area (Å²) in [7, 11) is 0. The van der Waals surface area contributed by atoms with Gasteiger partial charge in [-0.3, -0.25) is 9.78 Å². The third kappa shape index (κ3) is 3.83. The van der Waals surface area contributed by atoms with Crippen LogP contribution in [0.25, 0.3) is 10.9 Å². The summed E-state index contributed by atoms with van der Waals surface area (Å²) < 4.78 is 5.29. The molecular weight excluding hydrogens is 380 g/mol. The number of nitrogens with zero attached hydrogens (tertiary/aromatic N) is 3. The number of hydrogen-bond donors (Lipinski definition) is 1. The van der Waals surface area contributed by atoms with Gasteiger partial charge in [-0.25, -0.2) is 9.78 Å². The molecular formula is C23H24N4O3. The first-order valence-corrected chi connectivity index (χ1v) is 10.1. The average molecular weight is 404 g/mol. The monoisotopic (exact) mass is 404 g/mol. The normalized spacial score (nSPS) is 15.9. The van der Waals surface area contributed by atoms with Gasteiger partial charge in [0.1, 0.15) is 17.1 Å². The molecule has 1 aliphatic rings. The third-order valence-corrected chi connectivity index (χ3v) is 5.33. The number of carbonyl (C=O) groups is 2. The highest BCUT2D eigenvalue weighted by Gasteiger charge is 2.29. The average Bonchev–Trinajstić information content (AvgIpc) is 3.22. The number of carbonyl (C=O) groups excluding carboxylic acids is 2. The van der Waals surface area contributed by atoms with Gasteiger partial charge in [-0.15, -0.1) is 0 Å². The van der Waals surface area contributed by atoms with Crippen molar-refractivity contribution >= 4 is 28.6 Å². The van der Waals surface area contributed by atoms with Crippen LogP contribution >= 0.6 is 0 Å². The van der Waals surface area contributed by atoms with Crippen LogP contribution in [0.15, 0.2) is 48.7 Å². The Balaban J connectivity index is 1.60. The van der Waals surface area contributed by atoms with E-state index in [1.807, 2.05) is 31.2 Å². The summed E-state index contributed by atoms with van der Waals surface area (Å²) in [5, 5.41) is 4.31. The number of esters is 1. The fourth-order valence-electron chi connectivity index (χ4n) is 3.84. The number of hydrogen-bond acceptors (Lipinski definition) is 6. The Morgan fingerprint density at radius 3 is 2.77 bits per heavy atom. The number of aryl methyl sites for hydroxylation is 1. The van der Waals surface area contributed by atoms with Gasteiger partial charge in [-0.1, -0.05) is 24.3 Å². The molecule has 1 aliphatic heterocycles. The van der Waals surface area contributed by atoms with Crippen molar-refractivity contribution in [3.63, 3.8) is 0 Å². The molecule has 3 aromatic rings. The second-order valence-corrected chi connectivity index (χ2v) is 7.29. The lowest BCUT2D eigenvalue weighted by molar-refractivity contribution is 0.0526. The highest BCUT2D eigenvalue weighted by Crippen LogP contribution is 2.28. The van der Waals surface area contributed by atoms with Crippen LogP contribution in [0.5, 0.6) is 0 Å². The van der Waals surface area contributed by atoms with E-state index in [2.05, 4.69) is 10.3 Å². The summed E-state index contributed by atoms with van der Waals surface area (Å²) >= 11 is 0. The minimum absolute atomic E-state index is 0.0149. The highest BCUT2D eigenvalue weighted by atomic mass is 16.5. The summed E-state index contributed by atoms with van der Waals surface area (Å²) in [5.41, 5.74) is 2.53. The summed E-state index contributed by atoms with van der Waals surface area (Å²) in [5.74, 6) is 0.0186. The fraction of sp³-hybridized carbons (Fsp3) is 0.304. The maximum Gasteiger partial charge on any atom is 0.342 e. The smallest absolute Gasteiger partial charge is 0.342 e. The first kappa shape index (κ1) is 19.8. The van der Waals surface area contributed by atoms with Crippen molar-refractivity contribution in [3.8, 4) is 0 Å². The van der Waals surface area contributed by atoms with Crippen LogP contribution in [0.4, 0.5) is 5.82 Å². The van der Waals surface area contributed by atoms with Gasteiger partial charge >= 0.3 is 5.97 Å². The molecule has 0 bridgehead atoms. The van der Waals surface area contributed by atoms with Crippen LogP contribution in [0.1, 0.15) is 39.8 Å². The number of pyridine rings is 2. The quantitative estimate of drug-likeness (QED) is 0.656. The van der Waals surface area contributed by atoms with Gasteiger partial charge < -0.3 is 15.0 Å². The number of likely N-dealkylation sites (tertiary alicyclic amines) is 1. The SMILES string of the molecule is CCOC(=O)c1c(NC2CCN(C(=O)c3ccccn3)C2)nc2ccccc2c1C. The Kier molecular flexibility index (Phi) is 5.61. The van der Waals surface area contributed by atoms with Crippen molar-refractivity contribution in [2.45, 2.75) is 26.3 Å². The number of fused-ring (bicyclic) bond motifs is 1. The van der Waals surface area contributed by atoms with Gasteiger partial charge in [0, 0.05) is 30.7 Å². The molecule has 1 unspecified atom stereocenters. The lowest BCUT2D eigenvalue weighted by atomic mass is 10.0. The third-order valence-electron chi connectivity index (χ3n) is 5.33. The van der Waals surface area contributed by atoms with E-state index >= 15 is 0 Å². The van der Waals surface area contributed by atoms with Crippen LogP contribution in [0, 0.1) is 6.92 Å². The number of benzene rings is 1. The molecule has 1 N–H and O–H groups in total. The topological polar surface area (TPSA) is 84.4 Å². The molecule has 0 spiro atoms. The van der Waals surface area contributed by atoms with E-state index in [0.717, 1.165) is 22.9 Å². The predicted octanol–water partition coefficient (Wildman–Crippen LogP) is 3.44. The molecule has 3 heterocycles. The van der Waals surface area contributed by atoms with Crippen LogP contribution in [-0.4, -0.2) is 52.5 Å². The standard InChI is InChI=1S/C23H24N4O3/c1-3-30-23(29)20-15(2)17-8-4-5-9-18(17)26-21(20)25-16-11-13-27(14-16)22(28)19-10-6-7-12-24-19/h4-10,12,16H,3,11,13-14H2,1-2H3,(H,25,26). The molecule has 0 saturated carbocycles. The van der Waals surface area contributed by atoms with Crippen molar-refractivity contribution < 1.29 is 14.3 Å². The second kappa shape index (κ2) is 8.49. The Morgan fingerprint density at radius 2 is 2.00 bits per heavy atom. The van der Waals surface area contributed by atoms with Crippen molar-refractivity contribution in [3.05, 3.63) is 65.5 Å². The zero-order chi connectivity index (χ0) is 21.1. The lowest BCUT2D eigenvalue weighted by Gasteiger charge is -2.20. The molecule has 154 valence electrons. The summed E-state index contributed by atoms with van der Waals surface area (Å²) in [4.78, 5) is 36.0. The molecule has 1 atom stereocenters. The summed E-state index contributed by atoms with van der Waals surface area (Å²) in [6, 6.07) is 13.0. The molecule has 30 heavy (non-hydrogen) atoms. The minimum Gasteiger partial charge on any atom is -0.462 e. The number of ether oxygens (including phenoxy) is 1.